The molecule has 1 amide bonds. The molecular weight excluding hydrogens is 242 g/mol. The van der Waals surface area contributed by atoms with E-state index in [9.17, 15) is 9.59 Å². The molecule has 4 nitrogen and oxygen atoms in total. The average molecular weight is 263 g/mol. The van der Waals surface area contributed by atoms with Crippen LogP contribution < -0.4 is 5.32 Å². The summed E-state index contributed by atoms with van der Waals surface area (Å²) in [5.41, 5.74) is 3.66. The van der Waals surface area contributed by atoms with Crippen LogP contribution >= 0.6 is 0 Å². The Morgan fingerprint density at radius 1 is 1.32 bits per heavy atom. The first-order chi connectivity index (χ1) is 8.95. The second-order valence-corrected chi connectivity index (χ2v) is 4.84. The Morgan fingerprint density at radius 2 is 2.00 bits per heavy atom. The summed E-state index contributed by atoms with van der Waals surface area (Å²) >= 11 is 0. The smallest absolute Gasteiger partial charge is 0.396 e. The Bertz CT molecular complexity index is 466. The molecule has 1 aromatic carbocycles. The van der Waals surface area contributed by atoms with Crippen LogP contribution in [0.3, 0.4) is 0 Å². The molecule has 0 aliphatic carbocycles. The third-order valence-electron chi connectivity index (χ3n) is 3.09. The minimum Gasteiger partial charge on any atom is -0.462 e. The fourth-order valence-electron chi connectivity index (χ4n) is 1.80. The zero-order valence-electron chi connectivity index (χ0n) is 11.9. The Morgan fingerprint density at radius 3 is 2.58 bits per heavy atom. The number of methoxy groups -OCH3 is 1. The molecule has 0 bridgehead atoms. The summed E-state index contributed by atoms with van der Waals surface area (Å²) in [7, 11) is 1.19. The maximum Gasteiger partial charge on any atom is 0.396 e. The molecule has 0 radical (unpaired) electrons. The van der Waals surface area contributed by atoms with E-state index in [0.29, 0.717) is 18.9 Å². The van der Waals surface area contributed by atoms with Gasteiger partial charge in [-0.1, -0.05) is 32.0 Å². The predicted molar refractivity (Wildman–Crippen MR) is 74.0 cm³/mol. The van der Waals surface area contributed by atoms with Crippen molar-refractivity contribution in [1.82, 2.24) is 5.32 Å². The van der Waals surface area contributed by atoms with Crippen molar-refractivity contribution < 1.29 is 14.3 Å². The number of carbonyl (C=O) groups is 2. The van der Waals surface area contributed by atoms with Crippen LogP contribution in [-0.2, 0) is 20.7 Å². The van der Waals surface area contributed by atoms with Crippen LogP contribution in [0.15, 0.2) is 18.2 Å². The molecular formula is C15H21NO3. The van der Waals surface area contributed by atoms with Crippen molar-refractivity contribution in [2.75, 3.05) is 13.7 Å². The van der Waals surface area contributed by atoms with E-state index in [1.54, 1.807) is 0 Å². The van der Waals surface area contributed by atoms with Gasteiger partial charge >= 0.3 is 11.9 Å². The zero-order valence-corrected chi connectivity index (χ0v) is 11.9. The van der Waals surface area contributed by atoms with Crippen LogP contribution in [0.5, 0.6) is 0 Å². The molecule has 1 rings (SSSR count). The summed E-state index contributed by atoms with van der Waals surface area (Å²) in [5.74, 6) is -1.07. The fourth-order valence-corrected chi connectivity index (χ4v) is 1.80. The minimum absolute atomic E-state index is 0.427. The molecule has 0 heterocycles. The molecule has 0 unspecified atom stereocenters. The predicted octanol–water partition coefficient (Wildman–Crippen LogP) is 1.95. The van der Waals surface area contributed by atoms with Gasteiger partial charge in [0.2, 0.25) is 0 Å². The number of carbonyl (C=O) groups excluding carboxylic acids is 2. The van der Waals surface area contributed by atoms with Gasteiger partial charge < -0.3 is 10.1 Å². The number of hydrogen-bond acceptors (Lipinski definition) is 3. The third kappa shape index (κ3) is 4.39. The molecule has 104 valence electrons. The minimum atomic E-state index is -0.854. The lowest BCUT2D eigenvalue weighted by molar-refractivity contribution is -0.152. The molecule has 0 aliphatic heterocycles. The summed E-state index contributed by atoms with van der Waals surface area (Å²) < 4.78 is 4.34. The van der Waals surface area contributed by atoms with Gasteiger partial charge in [-0.25, -0.2) is 4.79 Å². The van der Waals surface area contributed by atoms with Gasteiger partial charge in [-0.2, -0.15) is 0 Å². The second kappa shape index (κ2) is 6.92. The Balaban J connectivity index is 2.60. The van der Waals surface area contributed by atoms with E-state index in [-0.39, 0.29) is 0 Å². The van der Waals surface area contributed by atoms with Gasteiger partial charge in [-0.05, 0) is 36.0 Å². The van der Waals surface area contributed by atoms with Crippen molar-refractivity contribution in [2.45, 2.75) is 33.1 Å². The monoisotopic (exact) mass is 263 g/mol. The van der Waals surface area contributed by atoms with Crippen molar-refractivity contribution in [2.24, 2.45) is 0 Å². The number of ether oxygens (including phenoxy) is 1. The summed E-state index contributed by atoms with van der Waals surface area (Å²) in [4.78, 5) is 22.2. The molecule has 1 N–H and O–H groups in total. The molecule has 0 spiro atoms. The molecule has 0 saturated carbocycles. The number of esters is 1. The van der Waals surface area contributed by atoms with E-state index in [4.69, 9.17) is 0 Å². The third-order valence-corrected chi connectivity index (χ3v) is 3.09. The molecule has 0 aromatic heterocycles. The van der Waals surface area contributed by atoms with E-state index >= 15 is 0 Å². The molecule has 19 heavy (non-hydrogen) atoms. The van der Waals surface area contributed by atoms with Crippen molar-refractivity contribution >= 4 is 11.9 Å². The molecule has 0 aliphatic rings. The van der Waals surface area contributed by atoms with Gasteiger partial charge in [0.1, 0.15) is 0 Å². The lowest BCUT2D eigenvalue weighted by Gasteiger charge is -2.11. The summed E-state index contributed by atoms with van der Waals surface area (Å²) in [6.45, 7) is 6.76. The van der Waals surface area contributed by atoms with Crippen molar-refractivity contribution in [3.63, 3.8) is 0 Å². The van der Waals surface area contributed by atoms with Gasteiger partial charge in [0, 0.05) is 6.54 Å². The highest BCUT2D eigenvalue weighted by molar-refractivity contribution is 6.32. The quantitative estimate of drug-likeness (QED) is 0.667. The van der Waals surface area contributed by atoms with E-state index < -0.39 is 11.9 Å². The number of benzene rings is 1. The number of hydrogen-bond donors (Lipinski definition) is 1. The SMILES string of the molecule is COC(=O)C(=O)NCCc1cc(C(C)C)ccc1C. The van der Waals surface area contributed by atoms with E-state index in [0.717, 1.165) is 0 Å². The molecule has 1 aromatic rings. The van der Waals surface area contributed by atoms with Gasteiger partial charge in [0.15, 0.2) is 0 Å². The summed E-state index contributed by atoms with van der Waals surface area (Å²) in [5, 5.41) is 2.54. The largest absolute Gasteiger partial charge is 0.462 e. The van der Waals surface area contributed by atoms with Gasteiger partial charge in [0.05, 0.1) is 7.11 Å². The van der Waals surface area contributed by atoms with E-state index in [1.165, 1.54) is 23.8 Å². The Labute approximate surface area is 114 Å². The zero-order chi connectivity index (χ0) is 14.4. The Hall–Kier alpha value is -1.84. The first-order valence-corrected chi connectivity index (χ1v) is 6.41. The van der Waals surface area contributed by atoms with E-state index in [1.807, 2.05) is 6.92 Å². The van der Waals surface area contributed by atoms with Crippen molar-refractivity contribution in [3.8, 4) is 0 Å². The number of nitrogens with one attached hydrogen (secondary N) is 1. The maximum atomic E-state index is 11.2. The van der Waals surface area contributed by atoms with Crippen LogP contribution in [0.1, 0.15) is 36.5 Å². The van der Waals surface area contributed by atoms with E-state index in [2.05, 4.69) is 42.1 Å². The molecule has 0 saturated heterocycles. The van der Waals surface area contributed by atoms with Crippen molar-refractivity contribution in [1.29, 1.82) is 0 Å². The standard InChI is InChI=1S/C15H21NO3/c1-10(2)12-6-5-11(3)13(9-12)7-8-16-14(17)15(18)19-4/h5-6,9-10H,7-8H2,1-4H3,(H,16,17). The van der Waals surface area contributed by atoms with Gasteiger partial charge in [-0.3, -0.25) is 4.79 Å². The normalized spacial score (nSPS) is 10.4. The number of aryl methyl sites for hydroxylation is 1. The molecule has 0 atom stereocenters. The second-order valence-electron chi connectivity index (χ2n) is 4.84. The molecule has 4 heteroatoms. The fraction of sp³-hybridized carbons (Fsp3) is 0.467. The van der Waals surface area contributed by atoms with Crippen LogP contribution in [0.2, 0.25) is 0 Å². The van der Waals surface area contributed by atoms with Crippen LogP contribution in [0.25, 0.3) is 0 Å². The van der Waals surface area contributed by atoms with Crippen molar-refractivity contribution in [3.05, 3.63) is 34.9 Å². The number of amides is 1. The first-order valence-electron chi connectivity index (χ1n) is 6.41. The van der Waals surface area contributed by atoms with Crippen LogP contribution in [0.4, 0.5) is 0 Å². The summed E-state index contributed by atoms with van der Waals surface area (Å²) in [6, 6.07) is 6.37. The van der Waals surface area contributed by atoms with Crippen LogP contribution in [0, 0.1) is 6.92 Å². The highest BCUT2D eigenvalue weighted by Gasteiger charge is 2.12. The Kier molecular flexibility index (Phi) is 5.55. The first kappa shape index (κ1) is 15.2. The highest BCUT2D eigenvalue weighted by atomic mass is 16.5. The highest BCUT2D eigenvalue weighted by Crippen LogP contribution is 2.18. The topological polar surface area (TPSA) is 55.4 Å². The maximum absolute atomic E-state index is 11.2. The van der Waals surface area contributed by atoms with Gasteiger partial charge in [0.25, 0.3) is 0 Å². The molecule has 0 fully saturated rings. The average Bonchev–Trinajstić information content (AvgIpc) is 2.39. The number of rotatable bonds is 4. The summed E-state index contributed by atoms with van der Waals surface area (Å²) in [6.07, 6.45) is 0.703. The lowest BCUT2D eigenvalue weighted by atomic mass is 9.96. The van der Waals surface area contributed by atoms with Gasteiger partial charge in [-0.15, -0.1) is 0 Å². The van der Waals surface area contributed by atoms with Crippen LogP contribution in [-0.4, -0.2) is 25.5 Å². The lowest BCUT2D eigenvalue weighted by Crippen LogP contribution is -2.33.